The molecule has 0 aromatic carbocycles. The van der Waals surface area contributed by atoms with Crippen LogP contribution in [-0.2, 0) is 9.84 Å². The quantitative estimate of drug-likeness (QED) is 0.674. The Morgan fingerprint density at radius 2 is 2.06 bits per heavy atom. The van der Waals surface area contributed by atoms with Crippen molar-refractivity contribution in [1.82, 2.24) is 0 Å². The highest BCUT2D eigenvalue weighted by molar-refractivity contribution is 8.02. The number of sulfone groups is 1. The first kappa shape index (κ1) is 13.5. The number of anilines is 1. The molecule has 4 nitrogen and oxygen atoms in total. The molecule has 1 rings (SSSR count). The molecule has 1 aromatic rings. The van der Waals surface area contributed by atoms with Crippen LogP contribution in [0, 0.1) is 0 Å². The molecule has 0 saturated carbocycles. The molecule has 0 aliphatic heterocycles. The van der Waals surface area contributed by atoms with Gasteiger partial charge in [0.1, 0.15) is 4.90 Å². The van der Waals surface area contributed by atoms with Crippen molar-refractivity contribution in [2.45, 2.75) is 23.0 Å². The van der Waals surface area contributed by atoms with Gasteiger partial charge in [-0.3, -0.25) is 4.79 Å². The Morgan fingerprint density at radius 1 is 1.50 bits per heavy atom. The summed E-state index contributed by atoms with van der Waals surface area (Å²) in [6, 6.07) is 0. The Balaban J connectivity index is 3.50. The summed E-state index contributed by atoms with van der Waals surface area (Å²) in [7, 11) is -3.39. The van der Waals surface area contributed by atoms with E-state index in [1.54, 1.807) is 0 Å². The number of Topliss-reactive ketones (excluding diaryl/α,β-unsaturated/α-hetero) is 1. The van der Waals surface area contributed by atoms with Crippen LogP contribution in [0.15, 0.2) is 9.10 Å². The Morgan fingerprint density at radius 3 is 2.44 bits per heavy atom. The van der Waals surface area contributed by atoms with Gasteiger partial charge in [0.25, 0.3) is 0 Å². The molecule has 0 atom stereocenters. The Hall–Kier alpha value is -0.530. The van der Waals surface area contributed by atoms with Gasteiger partial charge in [-0.05, 0) is 5.75 Å². The van der Waals surface area contributed by atoms with E-state index in [1.165, 1.54) is 18.7 Å². The van der Waals surface area contributed by atoms with Gasteiger partial charge in [-0.1, -0.05) is 6.92 Å². The van der Waals surface area contributed by atoms with Crippen molar-refractivity contribution in [3.05, 3.63) is 4.88 Å². The lowest BCUT2D eigenvalue weighted by atomic mass is 10.3. The van der Waals surface area contributed by atoms with Gasteiger partial charge in [-0.25, -0.2) is 8.42 Å². The molecule has 0 aliphatic carbocycles. The lowest BCUT2D eigenvalue weighted by Gasteiger charge is -2.00. The summed E-state index contributed by atoms with van der Waals surface area (Å²) in [5, 5.41) is 0. The molecule has 0 spiro atoms. The van der Waals surface area contributed by atoms with Gasteiger partial charge in [0, 0.05) is 13.2 Å². The number of rotatable bonds is 4. The number of thioether (sulfide) groups is 1. The third-order valence-electron chi connectivity index (χ3n) is 1.84. The highest BCUT2D eigenvalue weighted by atomic mass is 32.2. The van der Waals surface area contributed by atoms with Crippen LogP contribution in [-0.4, -0.2) is 26.2 Å². The molecule has 90 valence electrons. The average Bonchev–Trinajstić information content (AvgIpc) is 2.42. The maximum absolute atomic E-state index is 11.6. The van der Waals surface area contributed by atoms with E-state index in [0.29, 0.717) is 9.09 Å². The number of ketones is 1. The van der Waals surface area contributed by atoms with E-state index in [4.69, 9.17) is 5.73 Å². The highest BCUT2D eigenvalue weighted by Gasteiger charge is 2.25. The predicted octanol–water partition coefficient (Wildman–Crippen LogP) is 2.05. The minimum absolute atomic E-state index is 0.0935. The number of nitrogens with two attached hydrogens (primary N) is 1. The van der Waals surface area contributed by atoms with E-state index in [9.17, 15) is 13.2 Å². The van der Waals surface area contributed by atoms with Crippen LogP contribution in [0.25, 0.3) is 0 Å². The van der Waals surface area contributed by atoms with E-state index in [2.05, 4.69) is 0 Å². The number of carbonyl (C=O) groups excluding carboxylic acids is 1. The predicted molar refractivity (Wildman–Crippen MR) is 68.2 cm³/mol. The van der Waals surface area contributed by atoms with Crippen molar-refractivity contribution in [3.8, 4) is 0 Å². The molecule has 0 aliphatic rings. The lowest BCUT2D eigenvalue weighted by molar-refractivity contribution is 0.102. The smallest absolute Gasteiger partial charge is 0.179 e. The Bertz CT molecular complexity index is 516. The van der Waals surface area contributed by atoms with Crippen LogP contribution in [0.4, 0.5) is 5.69 Å². The molecule has 0 bridgehead atoms. The van der Waals surface area contributed by atoms with Crippen molar-refractivity contribution in [3.63, 3.8) is 0 Å². The molecule has 0 saturated heterocycles. The zero-order valence-corrected chi connectivity index (χ0v) is 11.7. The minimum atomic E-state index is -3.39. The fourth-order valence-corrected chi connectivity index (χ4v) is 5.41. The number of hydrogen-bond acceptors (Lipinski definition) is 6. The van der Waals surface area contributed by atoms with Crippen molar-refractivity contribution in [1.29, 1.82) is 0 Å². The molecule has 1 heterocycles. The van der Waals surface area contributed by atoms with Crippen LogP contribution in [0.3, 0.4) is 0 Å². The third-order valence-corrected chi connectivity index (χ3v) is 5.72. The van der Waals surface area contributed by atoms with Gasteiger partial charge in [-0.2, -0.15) is 0 Å². The topological polar surface area (TPSA) is 77.2 Å². The molecule has 0 radical (unpaired) electrons. The summed E-state index contributed by atoms with van der Waals surface area (Å²) in [5.41, 5.74) is 5.81. The molecule has 0 amide bonds. The molecule has 0 unspecified atom stereocenters. The SMILES string of the molecule is CCSc1sc(C(C)=O)c(N)c1S(C)(=O)=O. The second kappa shape index (κ2) is 4.77. The molecular weight excluding hydrogens is 266 g/mol. The van der Waals surface area contributed by atoms with Gasteiger partial charge < -0.3 is 5.73 Å². The number of nitrogen functional groups attached to an aromatic ring is 1. The van der Waals surface area contributed by atoms with E-state index in [-0.39, 0.29) is 16.4 Å². The maximum Gasteiger partial charge on any atom is 0.179 e. The summed E-state index contributed by atoms with van der Waals surface area (Å²) in [4.78, 5) is 11.7. The average molecular weight is 279 g/mol. The number of hydrogen-bond donors (Lipinski definition) is 1. The largest absolute Gasteiger partial charge is 0.396 e. The van der Waals surface area contributed by atoms with E-state index in [0.717, 1.165) is 23.3 Å². The normalized spacial score (nSPS) is 11.7. The van der Waals surface area contributed by atoms with E-state index >= 15 is 0 Å². The molecule has 16 heavy (non-hydrogen) atoms. The summed E-state index contributed by atoms with van der Waals surface area (Å²) < 4.78 is 23.8. The molecular formula is C9H13NO3S3. The zero-order chi connectivity index (χ0) is 12.5. The zero-order valence-electron chi connectivity index (χ0n) is 9.23. The molecule has 7 heteroatoms. The molecule has 1 aromatic heterocycles. The lowest BCUT2D eigenvalue weighted by Crippen LogP contribution is -2.03. The first-order valence-corrected chi connectivity index (χ1v) is 8.24. The fraction of sp³-hybridized carbons (Fsp3) is 0.444. The first-order valence-electron chi connectivity index (χ1n) is 4.55. The van der Waals surface area contributed by atoms with Gasteiger partial charge in [0.15, 0.2) is 15.6 Å². The molecule has 2 N–H and O–H groups in total. The summed E-state index contributed by atoms with van der Waals surface area (Å²) in [6.45, 7) is 3.30. The van der Waals surface area contributed by atoms with Gasteiger partial charge >= 0.3 is 0 Å². The maximum atomic E-state index is 11.6. The molecule has 0 fully saturated rings. The highest BCUT2D eigenvalue weighted by Crippen LogP contribution is 2.41. The van der Waals surface area contributed by atoms with E-state index in [1.807, 2.05) is 6.92 Å². The summed E-state index contributed by atoms with van der Waals surface area (Å²) in [6.07, 6.45) is 1.11. The van der Waals surface area contributed by atoms with Crippen molar-refractivity contribution in [2.75, 3.05) is 17.7 Å². The van der Waals surface area contributed by atoms with Crippen LogP contribution < -0.4 is 5.73 Å². The van der Waals surface area contributed by atoms with Crippen LogP contribution >= 0.6 is 23.1 Å². The van der Waals surface area contributed by atoms with Crippen LogP contribution in [0.2, 0.25) is 0 Å². The minimum Gasteiger partial charge on any atom is -0.396 e. The van der Waals surface area contributed by atoms with Gasteiger partial charge in [0.2, 0.25) is 0 Å². The van der Waals surface area contributed by atoms with Gasteiger partial charge in [-0.15, -0.1) is 23.1 Å². The fourth-order valence-electron chi connectivity index (χ4n) is 1.25. The van der Waals surface area contributed by atoms with Crippen molar-refractivity contribution >= 4 is 44.4 Å². The van der Waals surface area contributed by atoms with Crippen molar-refractivity contribution < 1.29 is 13.2 Å². The first-order chi connectivity index (χ1) is 7.29. The third kappa shape index (κ3) is 2.58. The number of thiophene rings is 1. The Labute approximate surface area is 103 Å². The van der Waals surface area contributed by atoms with Crippen LogP contribution in [0.5, 0.6) is 0 Å². The standard InChI is InChI=1S/C9H13NO3S3/c1-4-14-9-8(16(3,12)13)6(10)7(15-9)5(2)11/h4,10H2,1-3H3. The van der Waals surface area contributed by atoms with E-state index < -0.39 is 9.84 Å². The van der Waals surface area contributed by atoms with Crippen LogP contribution in [0.1, 0.15) is 23.5 Å². The summed E-state index contributed by atoms with van der Waals surface area (Å²) in [5.74, 6) is 0.537. The Kier molecular flexibility index (Phi) is 4.03. The second-order valence-corrected chi connectivity index (χ2v) is 7.73. The summed E-state index contributed by atoms with van der Waals surface area (Å²) >= 11 is 2.54. The second-order valence-electron chi connectivity index (χ2n) is 3.22. The number of carbonyl (C=O) groups is 1. The monoisotopic (exact) mass is 279 g/mol. The van der Waals surface area contributed by atoms with Gasteiger partial charge in [0.05, 0.1) is 14.8 Å². The van der Waals surface area contributed by atoms with Crippen molar-refractivity contribution in [2.24, 2.45) is 0 Å².